The summed E-state index contributed by atoms with van der Waals surface area (Å²) in [5.74, 6) is 2.10. The normalized spacial score (nSPS) is 19.6. The molecule has 1 saturated heterocycles. The van der Waals surface area contributed by atoms with Gasteiger partial charge in [0.1, 0.15) is 18.1 Å². The van der Waals surface area contributed by atoms with Gasteiger partial charge in [0.2, 0.25) is 5.91 Å². The van der Waals surface area contributed by atoms with E-state index in [1.165, 1.54) is 5.57 Å². The molecule has 1 aromatic heterocycles. The number of aromatic nitrogens is 1. The molecule has 0 unspecified atom stereocenters. The quantitative estimate of drug-likeness (QED) is 0.704. The first-order valence-electron chi connectivity index (χ1n) is 11.8. The van der Waals surface area contributed by atoms with Crippen LogP contribution in [0.25, 0.3) is 6.08 Å². The second-order valence-electron chi connectivity index (χ2n) is 10.1. The van der Waals surface area contributed by atoms with E-state index in [0.717, 1.165) is 55.2 Å². The average molecular weight is 450 g/mol. The van der Waals surface area contributed by atoms with Crippen LogP contribution in [0.2, 0.25) is 0 Å². The van der Waals surface area contributed by atoms with Gasteiger partial charge in [-0.25, -0.2) is 0 Å². The molecule has 2 aliphatic heterocycles. The number of methoxy groups -OCH3 is 1. The molecule has 2 atom stereocenters. The van der Waals surface area contributed by atoms with Crippen molar-refractivity contribution >= 4 is 12.0 Å². The van der Waals surface area contributed by atoms with Crippen molar-refractivity contribution in [1.82, 2.24) is 15.2 Å². The number of pyridine rings is 1. The van der Waals surface area contributed by atoms with Crippen molar-refractivity contribution in [3.05, 3.63) is 59.4 Å². The van der Waals surface area contributed by atoms with Gasteiger partial charge in [0.25, 0.3) is 0 Å². The number of nitrogens with zero attached hydrogens (tertiary/aromatic N) is 2. The minimum Gasteiger partial charge on any atom is -0.497 e. The molecule has 0 spiro atoms. The Morgan fingerprint density at radius 3 is 2.88 bits per heavy atom. The van der Waals surface area contributed by atoms with E-state index in [2.05, 4.69) is 21.3 Å². The first kappa shape index (κ1) is 23.3. The van der Waals surface area contributed by atoms with Crippen LogP contribution in [0.4, 0.5) is 0 Å². The molecular weight excluding hydrogens is 414 g/mol. The zero-order valence-electron chi connectivity index (χ0n) is 20.1. The fourth-order valence-electron chi connectivity index (χ4n) is 4.57. The largest absolute Gasteiger partial charge is 0.497 e. The van der Waals surface area contributed by atoms with E-state index in [1.807, 2.05) is 63.4 Å². The number of carbonyl (C=O) groups excluding carboxylic acids is 1. The van der Waals surface area contributed by atoms with Crippen LogP contribution in [-0.4, -0.2) is 49.1 Å². The summed E-state index contributed by atoms with van der Waals surface area (Å²) in [5.41, 5.74) is 2.81. The lowest BCUT2D eigenvalue weighted by Gasteiger charge is -2.38. The molecule has 0 aliphatic carbocycles. The Labute approximate surface area is 197 Å². The van der Waals surface area contributed by atoms with E-state index in [1.54, 1.807) is 7.11 Å². The topological polar surface area (TPSA) is 63.7 Å². The molecular formula is C27H35N3O3. The Morgan fingerprint density at radius 1 is 1.30 bits per heavy atom. The van der Waals surface area contributed by atoms with Crippen LogP contribution in [0.5, 0.6) is 11.5 Å². The average Bonchev–Trinajstić information content (AvgIpc) is 2.82. The van der Waals surface area contributed by atoms with Gasteiger partial charge in [-0.3, -0.25) is 14.7 Å². The minimum atomic E-state index is -0.444. The second-order valence-corrected chi connectivity index (χ2v) is 10.1. The molecule has 1 aromatic carbocycles. The molecule has 1 N–H and O–H groups in total. The number of nitrogens with one attached hydrogen (secondary N) is 1. The molecule has 6 heteroatoms. The summed E-state index contributed by atoms with van der Waals surface area (Å²) in [4.78, 5) is 19.9. The van der Waals surface area contributed by atoms with E-state index in [0.29, 0.717) is 12.5 Å². The molecule has 176 valence electrons. The number of hydrogen-bond acceptors (Lipinski definition) is 5. The van der Waals surface area contributed by atoms with Gasteiger partial charge in [-0.15, -0.1) is 0 Å². The Kier molecular flexibility index (Phi) is 7.03. The Morgan fingerprint density at radius 2 is 2.15 bits per heavy atom. The maximum absolute atomic E-state index is 12.9. The highest BCUT2D eigenvalue weighted by Crippen LogP contribution is 2.33. The van der Waals surface area contributed by atoms with Crippen LogP contribution in [0.15, 0.2) is 48.2 Å². The second kappa shape index (κ2) is 9.96. The maximum atomic E-state index is 12.9. The number of carbonyl (C=O) groups is 1. The third kappa shape index (κ3) is 5.74. The Bertz CT molecular complexity index is 997. The molecule has 1 fully saturated rings. The van der Waals surface area contributed by atoms with Crippen molar-refractivity contribution in [3.63, 3.8) is 0 Å². The van der Waals surface area contributed by atoms with Gasteiger partial charge in [-0.2, -0.15) is 0 Å². The smallest absolute Gasteiger partial charge is 0.225 e. The molecule has 4 rings (SSSR count). The van der Waals surface area contributed by atoms with Crippen molar-refractivity contribution in [2.45, 2.75) is 39.7 Å². The molecule has 1 amide bonds. The highest BCUT2D eigenvalue weighted by molar-refractivity contribution is 5.81. The number of likely N-dealkylation sites (tertiary alicyclic amines) is 1. The SMILES string of the molecule is COc1ccc2c(c1)C=C(CN1CCC[C@H]([C@@H](NC(=O)C(C)(C)C)c3ccccn3)C1)CO2. The lowest BCUT2D eigenvalue weighted by atomic mass is 9.86. The Hall–Kier alpha value is -2.86. The van der Waals surface area contributed by atoms with Gasteiger partial charge in [-0.1, -0.05) is 26.8 Å². The molecule has 33 heavy (non-hydrogen) atoms. The van der Waals surface area contributed by atoms with Gasteiger partial charge in [0.15, 0.2) is 0 Å². The summed E-state index contributed by atoms with van der Waals surface area (Å²) in [5, 5.41) is 3.31. The number of ether oxygens (including phenoxy) is 2. The third-order valence-corrected chi connectivity index (χ3v) is 6.40. The number of amides is 1. The number of benzene rings is 1. The lowest BCUT2D eigenvalue weighted by molar-refractivity contribution is -0.129. The first-order chi connectivity index (χ1) is 15.8. The van der Waals surface area contributed by atoms with Crippen molar-refractivity contribution in [1.29, 1.82) is 0 Å². The van der Waals surface area contributed by atoms with Gasteiger partial charge in [-0.05, 0) is 67.3 Å². The van der Waals surface area contributed by atoms with Gasteiger partial charge in [0.05, 0.1) is 18.8 Å². The van der Waals surface area contributed by atoms with E-state index < -0.39 is 5.41 Å². The molecule has 0 bridgehead atoms. The molecule has 6 nitrogen and oxygen atoms in total. The first-order valence-corrected chi connectivity index (χ1v) is 11.8. The number of fused-ring (bicyclic) bond motifs is 1. The van der Waals surface area contributed by atoms with Crippen molar-refractivity contribution in [2.24, 2.45) is 11.3 Å². The van der Waals surface area contributed by atoms with Gasteiger partial charge < -0.3 is 14.8 Å². The van der Waals surface area contributed by atoms with E-state index >= 15 is 0 Å². The summed E-state index contributed by atoms with van der Waals surface area (Å²) in [6.07, 6.45) is 6.19. The van der Waals surface area contributed by atoms with Gasteiger partial charge in [0, 0.05) is 30.3 Å². The van der Waals surface area contributed by atoms with Crippen LogP contribution in [0.3, 0.4) is 0 Å². The van der Waals surface area contributed by atoms with Crippen molar-refractivity contribution in [2.75, 3.05) is 33.4 Å². The van der Waals surface area contributed by atoms with E-state index in [9.17, 15) is 4.79 Å². The van der Waals surface area contributed by atoms with Crippen LogP contribution in [0, 0.1) is 11.3 Å². The minimum absolute atomic E-state index is 0.0595. The summed E-state index contributed by atoms with van der Waals surface area (Å²) < 4.78 is 11.4. The van der Waals surface area contributed by atoms with E-state index in [-0.39, 0.29) is 11.9 Å². The zero-order valence-corrected chi connectivity index (χ0v) is 20.1. The third-order valence-electron chi connectivity index (χ3n) is 6.40. The van der Waals surface area contributed by atoms with Crippen LogP contribution >= 0.6 is 0 Å². The highest BCUT2D eigenvalue weighted by atomic mass is 16.5. The predicted octanol–water partition coefficient (Wildman–Crippen LogP) is 4.48. The monoisotopic (exact) mass is 449 g/mol. The van der Waals surface area contributed by atoms with Crippen LogP contribution in [0.1, 0.15) is 50.9 Å². The predicted molar refractivity (Wildman–Crippen MR) is 130 cm³/mol. The molecule has 2 aromatic rings. The number of rotatable bonds is 6. The van der Waals surface area contributed by atoms with E-state index in [4.69, 9.17) is 9.47 Å². The fourth-order valence-corrected chi connectivity index (χ4v) is 4.57. The summed E-state index contributed by atoms with van der Waals surface area (Å²) in [6.45, 7) is 9.27. The number of piperidine rings is 1. The molecule has 0 radical (unpaired) electrons. The standard InChI is InChI=1S/C27H35N3O3/c1-27(2,3)26(31)29-25(23-9-5-6-12-28-23)20-8-7-13-30(17-20)16-19-14-21-15-22(32-4)10-11-24(21)33-18-19/h5-6,9-12,14-15,20,25H,7-8,13,16-18H2,1-4H3,(H,29,31)/t20-,25+/m0/s1. The van der Waals surface area contributed by atoms with Crippen LogP contribution in [-0.2, 0) is 4.79 Å². The highest BCUT2D eigenvalue weighted by Gasteiger charge is 2.33. The summed E-state index contributed by atoms with van der Waals surface area (Å²) in [7, 11) is 1.68. The Balaban J connectivity index is 1.49. The van der Waals surface area contributed by atoms with Crippen molar-refractivity contribution in [3.8, 4) is 11.5 Å². The zero-order chi connectivity index (χ0) is 23.4. The van der Waals surface area contributed by atoms with Crippen LogP contribution < -0.4 is 14.8 Å². The van der Waals surface area contributed by atoms with Crippen molar-refractivity contribution < 1.29 is 14.3 Å². The van der Waals surface area contributed by atoms with Gasteiger partial charge >= 0.3 is 0 Å². The summed E-state index contributed by atoms with van der Waals surface area (Å²) in [6, 6.07) is 11.8. The maximum Gasteiger partial charge on any atom is 0.225 e. The molecule has 3 heterocycles. The fraction of sp³-hybridized carbons (Fsp3) is 0.481. The lowest BCUT2D eigenvalue weighted by Crippen LogP contribution is -2.46. The number of hydrogen-bond donors (Lipinski definition) is 1. The summed E-state index contributed by atoms with van der Waals surface area (Å²) >= 11 is 0. The molecule has 2 aliphatic rings. The molecule has 0 saturated carbocycles.